The minimum atomic E-state index is -0.0949. The highest BCUT2D eigenvalue weighted by Crippen LogP contribution is 2.43. The van der Waals surface area contributed by atoms with Gasteiger partial charge in [-0.3, -0.25) is 0 Å². The molecule has 0 saturated carbocycles. The van der Waals surface area contributed by atoms with E-state index >= 15 is 0 Å². The summed E-state index contributed by atoms with van der Waals surface area (Å²) in [5, 5.41) is 8.15. The highest BCUT2D eigenvalue weighted by Gasteiger charge is 2.23. The Bertz CT molecular complexity index is 657. The van der Waals surface area contributed by atoms with E-state index in [0.717, 1.165) is 9.90 Å². The summed E-state index contributed by atoms with van der Waals surface area (Å²) in [5.74, 6) is 0. The Hall–Kier alpha value is -1.69. The second kappa shape index (κ2) is 6.85. The number of aromatic nitrogens is 2. The number of benzene rings is 2. The zero-order valence-corrected chi connectivity index (χ0v) is 12.9. The van der Waals surface area contributed by atoms with Crippen LogP contribution in [0.4, 0.5) is 0 Å². The van der Waals surface area contributed by atoms with E-state index in [2.05, 4.69) is 34.5 Å². The van der Waals surface area contributed by atoms with Crippen molar-refractivity contribution in [3.63, 3.8) is 0 Å². The van der Waals surface area contributed by atoms with E-state index < -0.39 is 0 Å². The minimum Gasteiger partial charge on any atom is -0.323 e. The Balaban J connectivity index is 1.92. The van der Waals surface area contributed by atoms with Gasteiger partial charge in [0, 0.05) is 6.04 Å². The molecule has 0 fully saturated rings. The normalized spacial score (nSPS) is 13.8. The first kappa shape index (κ1) is 14.3. The van der Waals surface area contributed by atoms with Crippen LogP contribution < -0.4 is 5.73 Å². The summed E-state index contributed by atoms with van der Waals surface area (Å²) < 4.78 is 0.940. The summed E-state index contributed by atoms with van der Waals surface area (Å²) in [7, 11) is 0. The molecule has 0 amide bonds. The molecule has 2 unspecified atom stereocenters. The summed E-state index contributed by atoms with van der Waals surface area (Å²) in [4.78, 5) is 0. The maximum absolute atomic E-state index is 6.52. The van der Waals surface area contributed by atoms with Gasteiger partial charge in [0.15, 0.2) is 4.34 Å². The lowest BCUT2D eigenvalue weighted by atomic mass is 9.99. The zero-order chi connectivity index (χ0) is 14.5. The van der Waals surface area contributed by atoms with Crippen LogP contribution in [-0.4, -0.2) is 10.2 Å². The Labute approximate surface area is 132 Å². The first-order valence-corrected chi connectivity index (χ1v) is 8.39. The van der Waals surface area contributed by atoms with Crippen molar-refractivity contribution in [2.75, 3.05) is 0 Å². The third-order valence-electron chi connectivity index (χ3n) is 3.21. The second-order valence-electron chi connectivity index (χ2n) is 4.59. The standard InChI is InChI=1S/C16H15N3S2/c17-14(12-7-3-1-4-8-12)15(13-9-5-2-6-10-13)21-16-19-18-11-20-16/h1-11,14-15H,17H2. The molecule has 2 atom stereocenters. The van der Waals surface area contributed by atoms with Crippen molar-refractivity contribution in [1.82, 2.24) is 10.2 Å². The van der Waals surface area contributed by atoms with E-state index in [1.165, 1.54) is 5.56 Å². The summed E-state index contributed by atoms with van der Waals surface area (Å²) in [6.45, 7) is 0. The van der Waals surface area contributed by atoms with Crippen LogP contribution in [0.3, 0.4) is 0 Å². The molecule has 0 aliphatic rings. The molecule has 2 N–H and O–H groups in total. The van der Waals surface area contributed by atoms with Crippen LogP contribution in [0.1, 0.15) is 22.4 Å². The van der Waals surface area contributed by atoms with Crippen molar-refractivity contribution in [3.8, 4) is 0 Å². The minimum absolute atomic E-state index is 0.0949. The van der Waals surface area contributed by atoms with Crippen LogP contribution in [0.15, 0.2) is 70.5 Å². The van der Waals surface area contributed by atoms with Gasteiger partial charge in [-0.2, -0.15) is 0 Å². The van der Waals surface area contributed by atoms with Gasteiger partial charge in [0.2, 0.25) is 0 Å². The van der Waals surface area contributed by atoms with E-state index in [-0.39, 0.29) is 11.3 Å². The van der Waals surface area contributed by atoms with E-state index in [9.17, 15) is 0 Å². The molecule has 0 spiro atoms. The lowest BCUT2D eigenvalue weighted by Crippen LogP contribution is -2.17. The fraction of sp³-hybridized carbons (Fsp3) is 0.125. The smallest absolute Gasteiger partial charge is 0.174 e. The lowest BCUT2D eigenvalue weighted by Gasteiger charge is -2.23. The molecule has 0 aliphatic heterocycles. The third kappa shape index (κ3) is 3.50. The summed E-state index contributed by atoms with van der Waals surface area (Å²) in [6, 6.07) is 20.4. The molecule has 21 heavy (non-hydrogen) atoms. The molecule has 1 heterocycles. The van der Waals surface area contributed by atoms with Gasteiger partial charge in [-0.25, -0.2) is 0 Å². The Kier molecular flexibility index (Phi) is 4.65. The van der Waals surface area contributed by atoms with Crippen molar-refractivity contribution >= 4 is 23.1 Å². The number of hydrogen-bond donors (Lipinski definition) is 1. The van der Waals surface area contributed by atoms with Crippen LogP contribution in [0.5, 0.6) is 0 Å². The highest BCUT2D eigenvalue weighted by molar-refractivity contribution is 8.01. The predicted octanol–water partition coefficient (Wildman–Crippen LogP) is 4.07. The number of rotatable bonds is 5. The summed E-state index contributed by atoms with van der Waals surface area (Å²) in [6.07, 6.45) is 0. The molecule has 0 radical (unpaired) electrons. The van der Waals surface area contributed by atoms with Crippen molar-refractivity contribution in [3.05, 3.63) is 77.3 Å². The molecule has 106 valence electrons. The van der Waals surface area contributed by atoms with Crippen LogP contribution in [0, 0.1) is 0 Å². The quantitative estimate of drug-likeness (QED) is 0.721. The van der Waals surface area contributed by atoms with Gasteiger partial charge < -0.3 is 5.73 Å². The first-order chi connectivity index (χ1) is 10.3. The van der Waals surface area contributed by atoms with Crippen LogP contribution in [-0.2, 0) is 0 Å². The summed E-state index contributed by atoms with van der Waals surface area (Å²) >= 11 is 3.22. The topological polar surface area (TPSA) is 51.8 Å². The predicted molar refractivity (Wildman–Crippen MR) is 88.3 cm³/mol. The molecule has 0 aliphatic carbocycles. The Morgan fingerprint density at radius 1 is 0.905 bits per heavy atom. The van der Waals surface area contributed by atoms with Gasteiger partial charge in [0.05, 0.1) is 5.25 Å². The van der Waals surface area contributed by atoms with Gasteiger partial charge in [-0.1, -0.05) is 83.8 Å². The Morgan fingerprint density at radius 2 is 1.52 bits per heavy atom. The number of nitrogens with two attached hydrogens (primary N) is 1. The first-order valence-electron chi connectivity index (χ1n) is 6.63. The number of hydrogen-bond acceptors (Lipinski definition) is 5. The van der Waals surface area contributed by atoms with Gasteiger partial charge >= 0.3 is 0 Å². The SMILES string of the molecule is NC(c1ccccc1)C(Sc1nncs1)c1ccccc1. The fourth-order valence-electron chi connectivity index (χ4n) is 2.16. The maximum Gasteiger partial charge on any atom is 0.174 e. The average Bonchev–Trinajstić information content (AvgIpc) is 3.07. The molecule has 5 heteroatoms. The van der Waals surface area contributed by atoms with Crippen LogP contribution >= 0.6 is 23.1 Å². The number of nitrogens with zero attached hydrogens (tertiary/aromatic N) is 2. The molecule has 0 bridgehead atoms. The van der Waals surface area contributed by atoms with Crippen molar-refractivity contribution in [1.29, 1.82) is 0 Å². The Morgan fingerprint density at radius 3 is 2.10 bits per heavy atom. The molecule has 0 saturated heterocycles. The van der Waals surface area contributed by atoms with Crippen LogP contribution in [0.2, 0.25) is 0 Å². The van der Waals surface area contributed by atoms with E-state index in [1.807, 2.05) is 36.4 Å². The molecule has 1 aromatic heterocycles. The zero-order valence-electron chi connectivity index (χ0n) is 11.3. The molecular weight excluding hydrogens is 298 g/mol. The largest absolute Gasteiger partial charge is 0.323 e. The maximum atomic E-state index is 6.52. The van der Waals surface area contributed by atoms with E-state index in [1.54, 1.807) is 28.6 Å². The average molecular weight is 313 g/mol. The van der Waals surface area contributed by atoms with Gasteiger partial charge in [0.1, 0.15) is 5.51 Å². The lowest BCUT2D eigenvalue weighted by molar-refractivity contribution is 0.704. The fourth-order valence-corrected chi connectivity index (χ4v) is 4.01. The monoisotopic (exact) mass is 313 g/mol. The van der Waals surface area contributed by atoms with Crippen molar-refractivity contribution < 1.29 is 0 Å². The third-order valence-corrected chi connectivity index (χ3v) is 5.37. The highest BCUT2D eigenvalue weighted by atomic mass is 32.2. The molecule has 3 nitrogen and oxygen atoms in total. The van der Waals surface area contributed by atoms with E-state index in [0.29, 0.717) is 0 Å². The molecule has 3 aromatic rings. The van der Waals surface area contributed by atoms with E-state index in [4.69, 9.17) is 5.73 Å². The molecular formula is C16H15N3S2. The molecule has 2 aromatic carbocycles. The van der Waals surface area contributed by atoms with Crippen LogP contribution in [0.25, 0.3) is 0 Å². The van der Waals surface area contributed by atoms with Crippen molar-refractivity contribution in [2.45, 2.75) is 15.6 Å². The van der Waals surface area contributed by atoms with Gasteiger partial charge in [0.25, 0.3) is 0 Å². The molecule has 3 rings (SSSR count). The number of thioether (sulfide) groups is 1. The van der Waals surface area contributed by atoms with Gasteiger partial charge in [-0.15, -0.1) is 10.2 Å². The van der Waals surface area contributed by atoms with Crippen molar-refractivity contribution in [2.24, 2.45) is 5.73 Å². The van der Waals surface area contributed by atoms with Gasteiger partial charge in [-0.05, 0) is 11.1 Å². The summed E-state index contributed by atoms with van der Waals surface area (Å²) in [5.41, 5.74) is 10.6. The second-order valence-corrected chi connectivity index (χ2v) is 6.81.